The van der Waals surface area contributed by atoms with Gasteiger partial charge in [0.1, 0.15) is 5.39 Å². The van der Waals surface area contributed by atoms with E-state index in [0.717, 1.165) is 0 Å². The van der Waals surface area contributed by atoms with Crippen molar-refractivity contribution < 1.29 is 9.66 Å². The van der Waals surface area contributed by atoms with E-state index in [0.29, 0.717) is 11.0 Å². The summed E-state index contributed by atoms with van der Waals surface area (Å²) < 4.78 is 5.49. The van der Waals surface area contributed by atoms with Gasteiger partial charge in [-0.15, -0.1) is 0 Å². The van der Waals surface area contributed by atoms with E-state index in [4.69, 9.17) is 16.3 Å². The molecule has 2 aromatic heterocycles. The van der Waals surface area contributed by atoms with E-state index in [-0.39, 0.29) is 22.6 Å². The number of aromatic amines is 1. The number of hydrogen-bond donors (Lipinski definition) is 1. The second kappa shape index (κ2) is 4.74. The first-order valence-corrected chi connectivity index (χ1v) is 5.81. The molecular weight excluding hydrogens is 286 g/mol. The normalized spacial score (nSPS) is 10.7. The third-order valence-electron chi connectivity index (χ3n) is 2.52. The van der Waals surface area contributed by atoms with Crippen LogP contribution in [0.25, 0.3) is 11.0 Å². The first-order valence-electron chi connectivity index (χ1n) is 5.43. The van der Waals surface area contributed by atoms with E-state index in [1.165, 1.54) is 18.3 Å². The molecule has 0 aliphatic carbocycles. The Hall–Kier alpha value is -2.74. The van der Waals surface area contributed by atoms with Crippen LogP contribution in [0.15, 0.2) is 30.5 Å². The molecule has 20 heavy (non-hydrogen) atoms. The molecule has 1 N–H and O–H groups in total. The van der Waals surface area contributed by atoms with Crippen LogP contribution >= 0.6 is 11.6 Å². The van der Waals surface area contributed by atoms with Gasteiger partial charge in [-0.25, -0.2) is 0 Å². The third-order valence-corrected chi connectivity index (χ3v) is 2.69. The summed E-state index contributed by atoms with van der Waals surface area (Å²) >= 11 is 5.77. The van der Waals surface area contributed by atoms with Crippen LogP contribution in [-0.4, -0.2) is 25.1 Å². The van der Waals surface area contributed by atoms with Gasteiger partial charge in [0, 0.05) is 6.07 Å². The second-order valence-corrected chi connectivity index (χ2v) is 4.10. The Labute approximate surface area is 116 Å². The molecule has 0 atom stereocenters. The maximum atomic E-state index is 10.9. The average Bonchev–Trinajstić information content (AvgIpc) is 2.87. The van der Waals surface area contributed by atoms with Crippen LogP contribution in [0.4, 0.5) is 5.69 Å². The molecule has 3 aromatic rings. The number of aromatic nitrogens is 4. The molecule has 3 rings (SSSR count). The van der Waals surface area contributed by atoms with Gasteiger partial charge in [0.05, 0.1) is 11.1 Å². The maximum absolute atomic E-state index is 10.9. The van der Waals surface area contributed by atoms with Crippen molar-refractivity contribution in [2.75, 3.05) is 0 Å². The molecule has 2 heterocycles. The summed E-state index contributed by atoms with van der Waals surface area (Å²) in [7, 11) is 0. The number of benzene rings is 1. The van der Waals surface area contributed by atoms with Gasteiger partial charge in [-0.1, -0.05) is 12.1 Å². The van der Waals surface area contributed by atoms with Crippen molar-refractivity contribution in [2.24, 2.45) is 0 Å². The Morgan fingerprint density at radius 2 is 2.10 bits per heavy atom. The number of H-pyrrole nitrogens is 1. The zero-order valence-corrected chi connectivity index (χ0v) is 10.5. The first-order chi connectivity index (χ1) is 9.65. The Morgan fingerprint density at radius 1 is 1.30 bits per heavy atom. The number of nitrogens with one attached hydrogen (secondary N) is 1. The van der Waals surface area contributed by atoms with E-state index in [2.05, 4.69) is 20.2 Å². The lowest BCUT2D eigenvalue weighted by molar-refractivity contribution is -0.385. The minimum Gasteiger partial charge on any atom is -0.431 e. The number of nitro benzene ring substituents is 1. The average molecular weight is 292 g/mol. The Kier molecular flexibility index (Phi) is 2.92. The predicted molar refractivity (Wildman–Crippen MR) is 69.9 cm³/mol. The second-order valence-electron chi connectivity index (χ2n) is 3.76. The molecule has 0 bridgehead atoms. The fraction of sp³-hybridized carbons (Fsp3) is 0. The first kappa shape index (κ1) is 12.3. The monoisotopic (exact) mass is 291 g/mol. The number of nitro groups is 1. The summed E-state index contributed by atoms with van der Waals surface area (Å²) in [6.45, 7) is 0. The smallest absolute Gasteiger partial charge is 0.311 e. The third kappa shape index (κ3) is 2.12. The highest BCUT2D eigenvalue weighted by atomic mass is 35.5. The van der Waals surface area contributed by atoms with Crippen molar-refractivity contribution >= 4 is 28.3 Å². The number of ether oxygens (including phenoxy) is 1. The molecule has 100 valence electrons. The molecule has 0 saturated heterocycles. The summed E-state index contributed by atoms with van der Waals surface area (Å²) in [5.74, 6) is 0.165. The summed E-state index contributed by atoms with van der Waals surface area (Å²) in [5, 5.41) is 17.8. The number of halogens is 1. The molecule has 1 aromatic carbocycles. The Bertz CT molecular complexity index is 804. The topological polar surface area (TPSA) is 107 Å². The van der Waals surface area contributed by atoms with Gasteiger partial charge >= 0.3 is 5.69 Å². The van der Waals surface area contributed by atoms with Crippen LogP contribution < -0.4 is 4.74 Å². The van der Waals surface area contributed by atoms with Crippen LogP contribution in [0.3, 0.4) is 0 Å². The van der Waals surface area contributed by atoms with Gasteiger partial charge in [-0.2, -0.15) is 15.1 Å². The van der Waals surface area contributed by atoms with Crippen molar-refractivity contribution in [2.45, 2.75) is 0 Å². The molecule has 0 unspecified atom stereocenters. The van der Waals surface area contributed by atoms with Gasteiger partial charge in [0.15, 0.2) is 5.65 Å². The van der Waals surface area contributed by atoms with Crippen LogP contribution in [0, 0.1) is 10.1 Å². The number of rotatable bonds is 3. The van der Waals surface area contributed by atoms with E-state index < -0.39 is 4.92 Å². The highest BCUT2D eigenvalue weighted by Gasteiger charge is 2.17. The van der Waals surface area contributed by atoms with Gasteiger partial charge < -0.3 is 4.74 Å². The Morgan fingerprint density at radius 3 is 2.90 bits per heavy atom. The van der Waals surface area contributed by atoms with Crippen molar-refractivity contribution in [3.05, 3.63) is 45.9 Å². The van der Waals surface area contributed by atoms with Crippen molar-refractivity contribution in [1.82, 2.24) is 20.2 Å². The molecule has 0 fully saturated rings. The number of hydrogen-bond acceptors (Lipinski definition) is 6. The quantitative estimate of drug-likeness (QED) is 0.451. The fourth-order valence-corrected chi connectivity index (χ4v) is 1.82. The van der Waals surface area contributed by atoms with Crippen LogP contribution in [-0.2, 0) is 0 Å². The van der Waals surface area contributed by atoms with E-state index in [1.54, 1.807) is 12.1 Å². The lowest BCUT2D eigenvalue weighted by Crippen LogP contribution is -1.96. The molecule has 0 spiro atoms. The SMILES string of the molecule is O=[N+]([O-])c1ccccc1Oc1nc(Cl)nc2[nH]ncc12. The molecule has 9 heteroatoms. The highest BCUT2D eigenvalue weighted by Crippen LogP contribution is 2.33. The predicted octanol–water partition coefficient (Wildman–Crippen LogP) is 2.71. The minimum atomic E-state index is -0.537. The molecule has 0 aliphatic rings. The largest absolute Gasteiger partial charge is 0.431 e. The maximum Gasteiger partial charge on any atom is 0.311 e. The molecule has 0 amide bonds. The van der Waals surface area contributed by atoms with E-state index >= 15 is 0 Å². The lowest BCUT2D eigenvalue weighted by Gasteiger charge is -2.05. The Balaban J connectivity index is 2.10. The van der Waals surface area contributed by atoms with Crippen LogP contribution in [0.5, 0.6) is 11.6 Å². The molecule has 8 nitrogen and oxygen atoms in total. The zero-order chi connectivity index (χ0) is 14.1. The van der Waals surface area contributed by atoms with Crippen LogP contribution in [0.2, 0.25) is 5.28 Å². The summed E-state index contributed by atoms with van der Waals surface area (Å²) in [6, 6.07) is 5.98. The van der Waals surface area contributed by atoms with Gasteiger partial charge in [0.2, 0.25) is 16.9 Å². The van der Waals surface area contributed by atoms with E-state index in [9.17, 15) is 10.1 Å². The number of fused-ring (bicyclic) bond motifs is 1. The van der Waals surface area contributed by atoms with Gasteiger partial charge in [-0.05, 0) is 17.7 Å². The molecule has 0 aliphatic heterocycles. The zero-order valence-electron chi connectivity index (χ0n) is 9.78. The van der Waals surface area contributed by atoms with Crippen molar-refractivity contribution in [3.63, 3.8) is 0 Å². The standard InChI is InChI=1S/C11H6ClN5O3/c12-11-14-9-6(5-13-16-9)10(15-11)20-8-4-2-1-3-7(8)17(18)19/h1-5H,(H,13,14,15,16). The lowest BCUT2D eigenvalue weighted by atomic mass is 10.3. The van der Waals surface area contributed by atoms with Crippen LogP contribution in [0.1, 0.15) is 0 Å². The van der Waals surface area contributed by atoms with Gasteiger partial charge in [0.25, 0.3) is 0 Å². The molecule has 0 radical (unpaired) electrons. The summed E-state index contributed by atoms with van der Waals surface area (Å²) in [4.78, 5) is 18.2. The fourth-order valence-electron chi connectivity index (χ4n) is 1.66. The molecular formula is C11H6ClN5O3. The van der Waals surface area contributed by atoms with Gasteiger partial charge in [-0.3, -0.25) is 15.2 Å². The summed E-state index contributed by atoms with van der Waals surface area (Å²) in [5.41, 5.74) is 0.220. The number of nitrogens with zero attached hydrogens (tertiary/aromatic N) is 4. The minimum absolute atomic E-state index is 0.0460. The van der Waals surface area contributed by atoms with Crippen molar-refractivity contribution in [3.8, 4) is 11.6 Å². The highest BCUT2D eigenvalue weighted by molar-refractivity contribution is 6.28. The van der Waals surface area contributed by atoms with E-state index in [1.807, 2.05) is 0 Å². The molecule has 0 saturated carbocycles. The van der Waals surface area contributed by atoms with Crippen molar-refractivity contribution in [1.29, 1.82) is 0 Å². The number of para-hydroxylation sites is 2. The summed E-state index contributed by atoms with van der Waals surface area (Å²) in [6.07, 6.45) is 1.45.